The Labute approximate surface area is 75.8 Å². The Morgan fingerprint density at radius 1 is 1.62 bits per heavy atom. The fourth-order valence-corrected chi connectivity index (χ4v) is 0.727. The molecule has 0 aromatic rings. The largest absolute Gasteiger partial charge is 0.481 e. The van der Waals surface area contributed by atoms with Gasteiger partial charge in [-0.05, 0) is 6.92 Å². The third-order valence-corrected chi connectivity index (χ3v) is 1.38. The van der Waals surface area contributed by atoms with E-state index in [9.17, 15) is 9.59 Å². The quantitative estimate of drug-likeness (QED) is 0.430. The van der Waals surface area contributed by atoms with Gasteiger partial charge in [-0.25, -0.2) is 10.2 Å². The van der Waals surface area contributed by atoms with Gasteiger partial charge < -0.3 is 10.8 Å². The van der Waals surface area contributed by atoms with Crippen molar-refractivity contribution in [2.75, 3.05) is 0 Å². The number of hydrogen-bond donors (Lipinski definition) is 3. The Hall–Kier alpha value is -1.59. The Bertz CT molecular complexity index is 237. The summed E-state index contributed by atoms with van der Waals surface area (Å²) in [6.45, 7) is 3.18. The Kier molecular flexibility index (Phi) is 4.50. The van der Waals surface area contributed by atoms with Crippen LogP contribution in [0.4, 0.5) is 4.79 Å². The summed E-state index contributed by atoms with van der Waals surface area (Å²) in [6, 6.07) is -0.762. The SMILES string of the molecule is C/C(C[C@@H](C)C(=O)O)=N\NC(N)=O. The zero-order valence-corrected chi connectivity index (χ0v) is 7.57. The number of urea groups is 1. The molecule has 0 saturated heterocycles. The van der Waals surface area contributed by atoms with Crippen LogP contribution in [0.15, 0.2) is 5.10 Å². The molecule has 0 bridgehead atoms. The van der Waals surface area contributed by atoms with E-state index in [4.69, 9.17) is 10.8 Å². The molecule has 0 aliphatic heterocycles. The van der Waals surface area contributed by atoms with Crippen molar-refractivity contribution in [2.45, 2.75) is 20.3 Å². The summed E-state index contributed by atoms with van der Waals surface area (Å²) in [6.07, 6.45) is 0.287. The van der Waals surface area contributed by atoms with E-state index in [2.05, 4.69) is 5.10 Å². The number of aliphatic carboxylic acids is 1. The number of carboxylic acids is 1. The van der Waals surface area contributed by atoms with Gasteiger partial charge in [0.05, 0.1) is 5.92 Å². The van der Waals surface area contributed by atoms with E-state index in [1.807, 2.05) is 5.43 Å². The van der Waals surface area contributed by atoms with E-state index in [-0.39, 0.29) is 6.42 Å². The monoisotopic (exact) mass is 187 g/mol. The summed E-state index contributed by atoms with van der Waals surface area (Å²) in [5.41, 5.74) is 7.30. The minimum absolute atomic E-state index is 0.287. The van der Waals surface area contributed by atoms with Gasteiger partial charge in [0.25, 0.3) is 0 Å². The van der Waals surface area contributed by atoms with Gasteiger partial charge in [-0.1, -0.05) is 6.92 Å². The van der Waals surface area contributed by atoms with Gasteiger partial charge in [0.15, 0.2) is 0 Å². The highest BCUT2D eigenvalue weighted by Gasteiger charge is 2.11. The lowest BCUT2D eigenvalue weighted by atomic mass is 10.1. The molecule has 0 spiro atoms. The Balaban J connectivity index is 3.98. The number of carbonyl (C=O) groups excluding carboxylic acids is 1. The molecule has 0 unspecified atom stereocenters. The van der Waals surface area contributed by atoms with E-state index in [1.54, 1.807) is 13.8 Å². The van der Waals surface area contributed by atoms with Crippen LogP contribution in [-0.2, 0) is 4.79 Å². The lowest BCUT2D eigenvalue weighted by Crippen LogP contribution is -2.26. The van der Waals surface area contributed by atoms with Crippen LogP contribution in [0, 0.1) is 5.92 Å². The minimum Gasteiger partial charge on any atom is -0.481 e. The van der Waals surface area contributed by atoms with E-state index < -0.39 is 17.9 Å². The first-order chi connectivity index (χ1) is 5.93. The molecule has 4 N–H and O–H groups in total. The predicted molar refractivity (Wildman–Crippen MR) is 47.2 cm³/mol. The number of primary amides is 1. The molecule has 0 aliphatic rings. The number of nitrogens with two attached hydrogens (primary N) is 1. The van der Waals surface area contributed by atoms with Crippen LogP contribution >= 0.6 is 0 Å². The molecule has 6 nitrogen and oxygen atoms in total. The van der Waals surface area contributed by atoms with Crippen molar-refractivity contribution >= 4 is 17.7 Å². The summed E-state index contributed by atoms with van der Waals surface area (Å²) in [5.74, 6) is -1.41. The molecule has 0 aromatic heterocycles. The molecule has 0 aromatic carbocycles. The number of nitrogens with zero attached hydrogens (tertiary/aromatic N) is 1. The van der Waals surface area contributed by atoms with Crippen LogP contribution in [-0.4, -0.2) is 22.8 Å². The van der Waals surface area contributed by atoms with Crippen LogP contribution in [0.2, 0.25) is 0 Å². The molecule has 0 aliphatic carbocycles. The third kappa shape index (κ3) is 5.66. The zero-order chi connectivity index (χ0) is 10.4. The summed E-state index contributed by atoms with van der Waals surface area (Å²) in [4.78, 5) is 20.6. The average molecular weight is 187 g/mol. The van der Waals surface area contributed by atoms with Crippen LogP contribution in [0.5, 0.6) is 0 Å². The van der Waals surface area contributed by atoms with Gasteiger partial charge in [-0.2, -0.15) is 5.10 Å². The fourth-order valence-electron chi connectivity index (χ4n) is 0.727. The second kappa shape index (κ2) is 5.13. The molecule has 74 valence electrons. The van der Waals surface area contributed by atoms with Crippen molar-refractivity contribution in [3.63, 3.8) is 0 Å². The first-order valence-electron chi connectivity index (χ1n) is 3.75. The number of carbonyl (C=O) groups is 2. The minimum atomic E-state index is -0.895. The predicted octanol–water partition coefficient (Wildman–Crippen LogP) is 0.141. The summed E-state index contributed by atoms with van der Waals surface area (Å²) in [7, 11) is 0. The van der Waals surface area contributed by atoms with Crippen molar-refractivity contribution in [2.24, 2.45) is 16.8 Å². The second-order valence-electron chi connectivity index (χ2n) is 2.77. The van der Waals surface area contributed by atoms with Gasteiger partial charge in [-0.3, -0.25) is 4.79 Å². The maximum atomic E-state index is 10.4. The van der Waals surface area contributed by atoms with E-state index in [0.29, 0.717) is 5.71 Å². The number of rotatable bonds is 4. The smallest absolute Gasteiger partial charge is 0.332 e. The van der Waals surface area contributed by atoms with Crippen LogP contribution in [0.3, 0.4) is 0 Å². The Morgan fingerprint density at radius 3 is 2.54 bits per heavy atom. The lowest BCUT2D eigenvalue weighted by molar-refractivity contribution is -0.140. The van der Waals surface area contributed by atoms with E-state index >= 15 is 0 Å². The van der Waals surface area contributed by atoms with Gasteiger partial charge in [0.2, 0.25) is 0 Å². The highest BCUT2D eigenvalue weighted by atomic mass is 16.4. The molecular weight excluding hydrogens is 174 g/mol. The standard InChI is InChI=1S/C7H13N3O3/c1-4(6(11)12)3-5(2)9-10-7(8)13/h4H,3H2,1-2H3,(H,11,12)(H3,8,10,13)/b9-5+/t4-/m1/s1. The normalized spacial score (nSPS) is 13.5. The number of hydrogen-bond acceptors (Lipinski definition) is 3. The fraction of sp³-hybridized carbons (Fsp3) is 0.571. The van der Waals surface area contributed by atoms with Gasteiger partial charge in [0.1, 0.15) is 0 Å². The van der Waals surface area contributed by atoms with Crippen molar-refractivity contribution in [3.05, 3.63) is 0 Å². The molecule has 1 atom stereocenters. The number of nitrogens with one attached hydrogen (secondary N) is 1. The van der Waals surface area contributed by atoms with Crippen molar-refractivity contribution in [1.29, 1.82) is 0 Å². The van der Waals surface area contributed by atoms with Crippen LogP contribution in [0.1, 0.15) is 20.3 Å². The van der Waals surface area contributed by atoms with Crippen molar-refractivity contribution < 1.29 is 14.7 Å². The maximum Gasteiger partial charge on any atom is 0.332 e. The molecule has 0 saturated carbocycles. The number of hydrazone groups is 1. The van der Waals surface area contributed by atoms with Crippen LogP contribution < -0.4 is 11.2 Å². The van der Waals surface area contributed by atoms with E-state index in [1.165, 1.54) is 0 Å². The highest BCUT2D eigenvalue weighted by Crippen LogP contribution is 2.02. The van der Waals surface area contributed by atoms with Crippen molar-refractivity contribution in [1.82, 2.24) is 5.43 Å². The topological polar surface area (TPSA) is 105 Å². The molecule has 0 heterocycles. The van der Waals surface area contributed by atoms with Gasteiger partial charge >= 0.3 is 12.0 Å². The van der Waals surface area contributed by atoms with Crippen molar-refractivity contribution in [3.8, 4) is 0 Å². The summed E-state index contributed by atoms with van der Waals surface area (Å²) >= 11 is 0. The molecule has 2 amide bonds. The number of amides is 2. The lowest BCUT2D eigenvalue weighted by Gasteiger charge is -2.04. The first-order valence-corrected chi connectivity index (χ1v) is 3.75. The molecular formula is C7H13N3O3. The highest BCUT2D eigenvalue weighted by molar-refractivity contribution is 5.87. The molecule has 0 rings (SSSR count). The third-order valence-electron chi connectivity index (χ3n) is 1.38. The number of carboxylic acid groups (broad SMARTS) is 1. The summed E-state index contributed by atoms with van der Waals surface area (Å²) in [5, 5.41) is 12.1. The molecule has 13 heavy (non-hydrogen) atoms. The second-order valence-corrected chi connectivity index (χ2v) is 2.77. The van der Waals surface area contributed by atoms with E-state index in [0.717, 1.165) is 0 Å². The zero-order valence-electron chi connectivity index (χ0n) is 7.57. The van der Waals surface area contributed by atoms with Crippen LogP contribution in [0.25, 0.3) is 0 Å². The maximum absolute atomic E-state index is 10.4. The van der Waals surface area contributed by atoms with Gasteiger partial charge in [0, 0.05) is 12.1 Å². The molecule has 0 radical (unpaired) electrons. The Morgan fingerprint density at radius 2 is 2.15 bits per heavy atom. The summed E-state index contributed by atoms with van der Waals surface area (Å²) < 4.78 is 0. The van der Waals surface area contributed by atoms with Gasteiger partial charge in [-0.15, -0.1) is 0 Å². The average Bonchev–Trinajstić information content (AvgIpc) is 2.00. The molecule has 0 fully saturated rings. The first kappa shape index (κ1) is 11.4. The molecule has 6 heteroatoms.